The second-order valence-electron chi connectivity index (χ2n) is 7.31. The van der Waals surface area contributed by atoms with E-state index in [0.717, 1.165) is 6.04 Å². The third kappa shape index (κ3) is 5.22. The number of aryl methyl sites for hydroxylation is 1. The first-order valence-electron chi connectivity index (χ1n) is 9.58. The summed E-state index contributed by atoms with van der Waals surface area (Å²) >= 11 is 0. The molecular formula is C20H33N3. The molecular weight excluding hydrogens is 282 g/mol. The van der Waals surface area contributed by atoms with Crippen molar-refractivity contribution in [1.82, 2.24) is 10.2 Å². The number of unbranched alkanes of at least 4 members (excludes halogenated alkanes) is 1. The van der Waals surface area contributed by atoms with Crippen molar-refractivity contribution >= 4 is 5.69 Å². The molecule has 128 valence electrons. The van der Waals surface area contributed by atoms with Gasteiger partial charge in [0.15, 0.2) is 0 Å². The standard InChI is InChI=1S/C20H33N3/c1-18-7-6-10-20(17-18)23-15-13-22(14-16-23)12-5-4-11-21-19-8-2-3-9-19/h6-7,10,17,19,21H,2-5,8-9,11-16H2,1H3. The van der Waals surface area contributed by atoms with Gasteiger partial charge in [0.1, 0.15) is 0 Å². The Hall–Kier alpha value is -1.06. The second-order valence-corrected chi connectivity index (χ2v) is 7.31. The van der Waals surface area contributed by atoms with Crippen LogP contribution in [0.5, 0.6) is 0 Å². The van der Waals surface area contributed by atoms with Crippen LogP contribution in [0, 0.1) is 6.92 Å². The summed E-state index contributed by atoms with van der Waals surface area (Å²) in [5.41, 5.74) is 2.75. The Morgan fingerprint density at radius 3 is 2.57 bits per heavy atom. The molecule has 1 saturated carbocycles. The van der Waals surface area contributed by atoms with E-state index in [9.17, 15) is 0 Å². The minimum Gasteiger partial charge on any atom is -0.369 e. The number of nitrogens with one attached hydrogen (secondary N) is 1. The van der Waals surface area contributed by atoms with Crippen LogP contribution in [-0.2, 0) is 0 Å². The zero-order valence-corrected chi connectivity index (χ0v) is 14.8. The summed E-state index contributed by atoms with van der Waals surface area (Å²) < 4.78 is 0. The van der Waals surface area contributed by atoms with E-state index >= 15 is 0 Å². The largest absolute Gasteiger partial charge is 0.369 e. The minimum atomic E-state index is 0.827. The van der Waals surface area contributed by atoms with Gasteiger partial charge in [-0.05, 0) is 63.4 Å². The van der Waals surface area contributed by atoms with Gasteiger partial charge in [0, 0.05) is 37.9 Å². The number of anilines is 1. The molecule has 0 radical (unpaired) electrons. The van der Waals surface area contributed by atoms with Crippen molar-refractivity contribution in [3.05, 3.63) is 29.8 Å². The molecule has 1 heterocycles. The van der Waals surface area contributed by atoms with Crippen molar-refractivity contribution in [2.24, 2.45) is 0 Å². The van der Waals surface area contributed by atoms with E-state index in [1.807, 2.05) is 0 Å². The summed E-state index contributed by atoms with van der Waals surface area (Å²) in [5, 5.41) is 3.73. The van der Waals surface area contributed by atoms with Crippen LogP contribution in [0.4, 0.5) is 5.69 Å². The fourth-order valence-electron chi connectivity index (χ4n) is 3.95. The first kappa shape index (κ1) is 16.8. The average molecular weight is 316 g/mol. The van der Waals surface area contributed by atoms with Crippen LogP contribution in [0.25, 0.3) is 0 Å². The third-order valence-corrected chi connectivity index (χ3v) is 5.43. The quantitative estimate of drug-likeness (QED) is 0.778. The van der Waals surface area contributed by atoms with Crippen LogP contribution in [0.15, 0.2) is 24.3 Å². The van der Waals surface area contributed by atoms with Crippen LogP contribution < -0.4 is 10.2 Å². The highest BCUT2D eigenvalue weighted by Crippen LogP contribution is 2.18. The van der Waals surface area contributed by atoms with Crippen LogP contribution in [-0.4, -0.2) is 50.2 Å². The van der Waals surface area contributed by atoms with Gasteiger partial charge in [0.2, 0.25) is 0 Å². The van der Waals surface area contributed by atoms with E-state index in [1.54, 1.807) is 0 Å². The molecule has 2 aliphatic rings. The molecule has 0 bridgehead atoms. The molecule has 0 spiro atoms. The lowest BCUT2D eigenvalue weighted by Crippen LogP contribution is -2.46. The highest BCUT2D eigenvalue weighted by molar-refractivity contribution is 5.48. The van der Waals surface area contributed by atoms with Crippen molar-refractivity contribution in [1.29, 1.82) is 0 Å². The van der Waals surface area contributed by atoms with E-state index in [0.29, 0.717) is 0 Å². The lowest BCUT2D eigenvalue weighted by molar-refractivity contribution is 0.252. The smallest absolute Gasteiger partial charge is 0.0369 e. The minimum absolute atomic E-state index is 0.827. The highest BCUT2D eigenvalue weighted by Gasteiger charge is 2.17. The normalized spacial score (nSPS) is 20.3. The van der Waals surface area contributed by atoms with Crippen molar-refractivity contribution in [2.75, 3.05) is 44.2 Å². The first-order valence-corrected chi connectivity index (χ1v) is 9.58. The zero-order valence-electron chi connectivity index (χ0n) is 14.8. The molecule has 2 fully saturated rings. The van der Waals surface area contributed by atoms with Crippen molar-refractivity contribution in [2.45, 2.75) is 51.5 Å². The number of rotatable bonds is 7. The van der Waals surface area contributed by atoms with Crippen molar-refractivity contribution in [3.8, 4) is 0 Å². The molecule has 1 aromatic rings. The van der Waals surface area contributed by atoms with Gasteiger partial charge in [-0.25, -0.2) is 0 Å². The van der Waals surface area contributed by atoms with E-state index in [4.69, 9.17) is 0 Å². The monoisotopic (exact) mass is 315 g/mol. The van der Waals surface area contributed by atoms with Gasteiger partial charge >= 0.3 is 0 Å². The maximum absolute atomic E-state index is 3.73. The van der Waals surface area contributed by atoms with Crippen molar-refractivity contribution < 1.29 is 0 Å². The topological polar surface area (TPSA) is 18.5 Å². The van der Waals surface area contributed by atoms with Crippen molar-refractivity contribution in [3.63, 3.8) is 0 Å². The Labute approximate surface area is 142 Å². The Morgan fingerprint density at radius 2 is 1.83 bits per heavy atom. The fourth-order valence-corrected chi connectivity index (χ4v) is 3.95. The summed E-state index contributed by atoms with van der Waals surface area (Å²) in [5.74, 6) is 0. The SMILES string of the molecule is Cc1cccc(N2CCN(CCCCNC3CCCC3)CC2)c1. The number of hydrogen-bond acceptors (Lipinski definition) is 3. The predicted molar refractivity (Wildman–Crippen MR) is 99.3 cm³/mol. The molecule has 3 rings (SSSR count). The van der Waals surface area contributed by atoms with E-state index in [2.05, 4.69) is 46.3 Å². The fraction of sp³-hybridized carbons (Fsp3) is 0.700. The Bertz CT molecular complexity index is 460. The number of nitrogens with zero attached hydrogens (tertiary/aromatic N) is 2. The lowest BCUT2D eigenvalue weighted by Gasteiger charge is -2.36. The van der Waals surface area contributed by atoms with E-state index in [-0.39, 0.29) is 0 Å². The van der Waals surface area contributed by atoms with Gasteiger partial charge < -0.3 is 10.2 Å². The molecule has 0 aromatic heterocycles. The number of benzene rings is 1. The lowest BCUT2D eigenvalue weighted by atomic mass is 10.2. The molecule has 23 heavy (non-hydrogen) atoms. The second kappa shape index (κ2) is 8.70. The van der Waals surface area contributed by atoms with Gasteiger partial charge in [-0.15, -0.1) is 0 Å². The maximum Gasteiger partial charge on any atom is 0.0369 e. The summed E-state index contributed by atoms with van der Waals surface area (Å²) in [6.45, 7) is 9.43. The van der Waals surface area contributed by atoms with Gasteiger partial charge in [0.05, 0.1) is 0 Å². The van der Waals surface area contributed by atoms with E-state index in [1.165, 1.54) is 89.0 Å². The number of hydrogen-bond donors (Lipinski definition) is 1. The molecule has 0 atom stereocenters. The predicted octanol–water partition coefficient (Wildman–Crippen LogP) is 3.43. The Balaban J connectivity index is 1.28. The first-order chi connectivity index (χ1) is 11.3. The molecule has 3 heteroatoms. The summed E-state index contributed by atoms with van der Waals surface area (Å²) in [4.78, 5) is 5.17. The van der Waals surface area contributed by atoms with Crippen LogP contribution in [0.2, 0.25) is 0 Å². The maximum atomic E-state index is 3.73. The van der Waals surface area contributed by atoms with Gasteiger partial charge in [-0.3, -0.25) is 4.90 Å². The van der Waals surface area contributed by atoms with Crippen LogP contribution in [0.3, 0.4) is 0 Å². The summed E-state index contributed by atoms with van der Waals surface area (Å²) in [6, 6.07) is 9.74. The van der Waals surface area contributed by atoms with E-state index < -0.39 is 0 Å². The molecule has 1 N–H and O–H groups in total. The van der Waals surface area contributed by atoms with Crippen LogP contribution >= 0.6 is 0 Å². The average Bonchev–Trinajstić information content (AvgIpc) is 3.08. The molecule has 1 saturated heterocycles. The third-order valence-electron chi connectivity index (χ3n) is 5.43. The zero-order chi connectivity index (χ0) is 15.9. The highest BCUT2D eigenvalue weighted by atomic mass is 15.3. The summed E-state index contributed by atoms with van der Waals surface area (Å²) in [6.07, 6.45) is 8.34. The molecule has 0 amide bonds. The van der Waals surface area contributed by atoms with Gasteiger partial charge in [0.25, 0.3) is 0 Å². The van der Waals surface area contributed by atoms with Gasteiger partial charge in [-0.1, -0.05) is 25.0 Å². The molecule has 1 aliphatic carbocycles. The Kier molecular flexibility index (Phi) is 6.35. The molecule has 1 aromatic carbocycles. The molecule has 0 unspecified atom stereocenters. The molecule has 3 nitrogen and oxygen atoms in total. The van der Waals surface area contributed by atoms with Crippen LogP contribution in [0.1, 0.15) is 44.1 Å². The summed E-state index contributed by atoms with van der Waals surface area (Å²) in [7, 11) is 0. The Morgan fingerprint density at radius 1 is 1.04 bits per heavy atom. The molecule has 1 aliphatic heterocycles. The number of piperazine rings is 1. The van der Waals surface area contributed by atoms with Gasteiger partial charge in [-0.2, -0.15) is 0 Å².